The Morgan fingerprint density at radius 1 is 1.21 bits per heavy atom. The zero-order chi connectivity index (χ0) is 13.4. The number of benzene rings is 1. The summed E-state index contributed by atoms with van der Waals surface area (Å²) in [6.07, 6.45) is 1.18. The van der Waals surface area contributed by atoms with Gasteiger partial charge in [0, 0.05) is 24.3 Å². The average molecular weight is 255 g/mol. The van der Waals surface area contributed by atoms with Crippen molar-refractivity contribution < 1.29 is 0 Å². The number of fused-ring (bicyclic) bond motifs is 1. The fraction of sp³-hybridized carbons (Fsp3) is 0.438. The number of hydrogen-bond donors (Lipinski definition) is 1. The summed E-state index contributed by atoms with van der Waals surface area (Å²) in [7, 11) is 0. The molecule has 0 aliphatic carbocycles. The zero-order valence-electron chi connectivity index (χ0n) is 11.9. The van der Waals surface area contributed by atoms with Gasteiger partial charge >= 0.3 is 0 Å². The highest BCUT2D eigenvalue weighted by Crippen LogP contribution is 2.28. The molecule has 1 aromatic heterocycles. The van der Waals surface area contributed by atoms with E-state index in [0.29, 0.717) is 5.92 Å². The standard InChI is InChI=1S/C16H21N3/c1-11(2)13-5-7-14(8-6-13)15-12(3)19-10-4-9-17-16(19)18-15/h5-8,11H,4,9-10H2,1-3H3,(H,17,18). The van der Waals surface area contributed by atoms with Gasteiger partial charge in [-0.3, -0.25) is 0 Å². The summed E-state index contributed by atoms with van der Waals surface area (Å²) in [5.41, 5.74) is 4.97. The van der Waals surface area contributed by atoms with Gasteiger partial charge in [-0.05, 0) is 24.8 Å². The quantitative estimate of drug-likeness (QED) is 0.884. The van der Waals surface area contributed by atoms with E-state index in [9.17, 15) is 0 Å². The minimum atomic E-state index is 0.576. The first-order valence-electron chi connectivity index (χ1n) is 7.08. The molecule has 0 atom stereocenters. The molecular formula is C16H21N3. The number of nitrogens with one attached hydrogen (secondary N) is 1. The van der Waals surface area contributed by atoms with Crippen molar-refractivity contribution in [2.45, 2.75) is 39.7 Å². The van der Waals surface area contributed by atoms with E-state index in [0.717, 1.165) is 24.7 Å². The van der Waals surface area contributed by atoms with Crippen LogP contribution in [-0.4, -0.2) is 16.1 Å². The maximum Gasteiger partial charge on any atom is 0.203 e. The van der Waals surface area contributed by atoms with Crippen LogP contribution in [0.25, 0.3) is 11.3 Å². The van der Waals surface area contributed by atoms with E-state index in [2.05, 4.69) is 54.9 Å². The second-order valence-electron chi connectivity index (χ2n) is 5.58. The van der Waals surface area contributed by atoms with Crippen LogP contribution in [0, 0.1) is 6.92 Å². The summed E-state index contributed by atoms with van der Waals surface area (Å²) in [5.74, 6) is 1.60. The molecule has 0 spiro atoms. The van der Waals surface area contributed by atoms with Gasteiger partial charge in [0.2, 0.25) is 5.95 Å². The molecule has 2 heterocycles. The van der Waals surface area contributed by atoms with Gasteiger partial charge in [-0.15, -0.1) is 0 Å². The molecule has 0 radical (unpaired) electrons. The Hall–Kier alpha value is -1.77. The molecule has 0 fully saturated rings. The van der Waals surface area contributed by atoms with Crippen molar-refractivity contribution in [1.29, 1.82) is 0 Å². The highest BCUT2D eigenvalue weighted by Gasteiger charge is 2.17. The lowest BCUT2D eigenvalue weighted by atomic mass is 10.0. The number of aromatic nitrogens is 2. The molecule has 0 amide bonds. The van der Waals surface area contributed by atoms with Crippen LogP contribution in [0.4, 0.5) is 5.95 Å². The first-order valence-corrected chi connectivity index (χ1v) is 7.08. The Bertz CT molecular complexity index is 579. The third-order valence-electron chi connectivity index (χ3n) is 3.91. The van der Waals surface area contributed by atoms with Crippen molar-refractivity contribution in [2.75, 3.05) is 11.9 Å². The summed E-state index contributed by atoms with van der Waals surface area (Å²) in [6, 6.07) is 8.81. The van der Waals surface area contributed by atoms with E-state index >= 15 is 0 Å². The molecule has 3 rings (SSSR count). The second-order valence-corrected chi connectivity index (χ2v) is 5.58. The maximum absolute atomic E-state index is 4.75. The van der Waals surface area contributed by atoms with E-state index in [1.54, 1.807) is 0 Å². The molecule has 19 heavy (non-hydrogen) atoms. The van der Waals surface area contributed by atoms with Crippen LogP contribution in [0.3, 0.4) is 0 Å². The minimum absolute atomic E-state index is 0.576. The second kappa shape index (κ2) is 4.72. The average Bonchev–Trinajstić information content (AvgIpc) is 2.77. The van der Waals surface area contributed by atoms with E-state index in [4.69, 9.17) is 4.98 Å². The molecule has 1 aromatic carbocycles. The van der Waals surface area contributed by atoms with Crippen molar-refractivity contribution in [2.24, 2.45) is 0 Å². The summed E-state index contributed by atoms with van der Waals surface area (Å²) < 4.78 is 2.29. The molecule has 3 nitrogen and oxygen atoms in total. The number of anilines is 1. The largest absolute Gasteiger partial charge is 0.356 e. The molecule has 2 aromatic rings. The first kappa shape index (κ1) is 12.3. The molecule has 0 unspecified atom stereocenters. The van der Waals surface area contributed by atoms with Crippen molar-refractivity contribution >= 4 is 5.95 Å². The van der Waals surface area contributed by atoms with Gasteiger partial charge in [0.1, 0.15) is 0 Å². The van der Waals surface area contributed by atoms with Crippen molar-refractivity contribution in [3.05, 3.63) is 35.5 Å². The molecule has 3 heteroatoms. The monoisotopic (exact) mass is 255 g/mol. The molecule has 100 valence electrons. The highest BCUT2D eigenvalue weighted by molar-refractivity contribution is 5.65. The lowest BCUT2D eigenvalue weighted by Gasteiger charge is -2.16. The number of hydrogen-bond acceptors (Lipinski definition) is 2. The maximum atomic E-state index is 4.75. The van der Waals surface area contributed by atoms with Crippen molar-refractivity contribution in [3.8, 4) is 11.3 Å². The van der Waals surface area contributed by atoms with E-state index < -0.39 is 0 Å². The Morgan fingerprint density at radius 3 is 2.58 bits per heavy atom. The first-order chi connectivity index (χ1) is 9.16. The van der Waals surface area contributed by atoms with Crippen LogP contribution in [0.2, 0.25) is 0 Å². The molecule has 1 N–H and O–H groups in total. The van der Waals surface area contributed by atoms with Gasteiger partial charge in [-0.2, -0.15) is 0 Å². The van der Waals surface area contributed by atoms with Crippen LogP contribution < -0.4 is 5.32 Å². The van der Waals surface area contributed by atoms with E-state index in [1.807, 2.05) is 0 Å². The molecule has 1 aliphatic heterocycles. The van der Waals surface area contributed by atoms with Crippen LogP contribution in [0.15, 0.2) is 24.3 Å². The van der Waals surface area contributed by atoms with Gasteiger partial charge in [0.25, 0.3) is 0 Å². The number of imidazole rings is 1. The molecule has 0 saturated heterocycles. The lowest BCUT2D eigenvalue weighted by molar-refractivity contribution is 0.615. The predicted octanol–water partition coefficient (Wildman–Crippen LogP) is 3.80. The Kier molecular flexibility index (Phi) is 3.05. The van der Waals surface area contributed by atoms with Crippen LogP contribution in [0.1, 0.15) is 37.4 Å². The van der Waals surface area contributed by atoms with Gasteiger partial charge in [-0.1, -0.05) is 38.1 Å². The SMILES string of the molecule is Cc1c(-c2ccc(C(C)C)cc2)nc2n1CCCN2. The minimum Gasteiger partial charge on any atom is -0.356 e. The molecular weight excluding hydrogens is 234 g/mol. The topological polar surface area (TPSA) is 29.9 Å². The predicted molar refractivity (Wildman–Crippen MR) is 79.6 cm³/mol. The van der Waals surface area contributed by atoms with Gasteiger partial charge in [-0.25, -0.2) is 4.98 Å². The van der Waals surface area contributed by atoms with Gasteiger partial charge in [0.15, 0.2) is 0 Å². The molecule has 0 saturated carbocycles. The fourth-order valence-corrected chi connectivity index (χ4v) is 2.68. The van der Waals surface area contributed by atoms with Gasteiger partial charge < -0.3 is 9.88 Å². The zero-order valence-corrected chi connectivity index (χ0v) is 11.9. The normalized spacial score (nSPS) is 14.3. The van der Waals surface area contributed by atoms with E-state index in [1.165, 1.54) is 23.2 Å². The summed E-state index contributed by atoms with van der Waals surface area (Å²) in [6.45, 7) is 8.71. The van der Waals surface area contributed by atoms with Crippen LogP contribution in [0.5, 0.6) is 0 Å². The third kappa shape index (κ3) is 2.14. The van der Waals surface area contributed by atoms with Crippen molar-refractivity contribution in [3.63, 3.8) is 0 Å². The Balaban J connectivity index is 2.00. The summed E-state index contributed by atoms with van der Waals surface area (Å²) in [4.78, 5) is 4.75. The fourth-order valence-electron chi connectivity index (χ4n) is 2.68. The number of nitrogens with zero attached hydrogens (tertiary/aromatic N) is 2. The highest BCUT2D eigenvalue weighted by atomic mass is 15.2. The van der Waals surface area contributed by atoms with Gasteiger partial charge in [0.05, 0.1) is 5.69 Å². The molecule has 0 bridgehead atoms. The van der Waals surface area contributed by atoms with Crippen LogP contribution >= 0.6 is 0 Å². The van der Waals surface area contributed by atoms with Crippen molar-refractivity contribution in [1.82, 2.24) is 9.55 Å². The summed E-state index contributed by atoms with van der Waals surface area (Å²) >= 11 is 0. The van der Waals surface area contributed by atoms with Crippen LogP contribution in [-0.2, 0) is 6.54 Å². The Labute approximate surface area is 114 Å². The Morgan fingerprint density at radius 2 is 1.95 bits per heavy atom. The summed E-state index contributed by atoms with van der Waals surface area (Å²) in [5, 5.41) is 3.38. The lowest BCUT2D eigenvalue weighted by Crippen LogP contribution is -2.17. The number of rotatable bonds is 2. The van der Waals surface area contributed by atoms with E-state index in [-0.39, 0.29) is 0 Å². The smallest absolute Gasteiger partial charge is 0.203 e. The molecule has 1 aliphatic rings. The third-order valence-corrected chi connectivity index (χ3v) is 3.91.